The number of rotatable bonds is 3. The Morgan fingerprint density at radius 1 is 1.06 bits per heavy atom. The zero-order valence-corrected chi connectivity index (χ0v) is 12.3. The van der Waals surface area contributed by atoms with Crippen LogP contribution in [0.4, 0.5) is 0 Å². The number of alkyl halides is 1. The zero-order valence-electron chi connectivity index (χ0n) is 11.5. The molecule has 1 aromatic carbocycles. The van der Waals surface area contributed by atoms with E-state index in [1.807, 2.05) is 0 Å². The molecule has 1 saturated carbocycles. The van der Waals surface area contributed by atoms with Crippen LogP contribution >= 0.6 is 11.6 Å². The highest BCUT2D eigenvalue weighted by atomic mass is 35.5. The molecule has 1 fully saturated rings. The molecule has 1 aromatic rings. The van der Waals surface area contributed by atoms with Gasteiger partial charge in [0.15, 0.2) is 0 Å². The first-order valence-corrected chi connectivity index (χ1v) is 6.99. The summed E-state index contributed by atoms with van der Waals surface area (Å²) in [7, 11) is 0. The predicted octanol–water partition coefficient (Wildman–Crippen LogP) is 5.21. The first-order valence-electron chi connectivity index (χ1n) is 6.55. The Balaban J connectivity index is 2.19. The Hall–Kier alpha value is -0.490. The normalized spacial score (nSPS) is 23.4. The van der Waals surface area contributed by atoms with Crippen molar-refractivity contribution in [1.82, 2.24) is 0 Å². The number of aryl methyl sites for hydroxylation is 1. The van der Waals surface area contributed by atoms with E-state index in [1.54, 1.807) is 0 Å². The van der Waals surface area contributed by atoms with Gasteiger partial charge in [-0.3, -0.25) is 0 Å². The van der Waals surface area contributed by atoms with Crippen molar-refractivity contribution < 1.29 is 0 Å². The second-order valence-corrected chi connectivity index (χ2v) is 6.89. The number of hydrogen-bond acceptors (Lipinski definition) is 0. The largest absolute Gasteiger partial charge is 0.117 e. The summed E-state index contributed by atoms with van der Waals surface area (Å²) < 4.78 is 0. The molecule has 0 N–H and O–H groups in total. The van der Waals surface area contributed by atoms with Crippen LogP contribution in [0.3, 0.4) is 0 Å². The lowest BCUT2D eigenvalue weighted by atomic mass is 10.0. The van der Waals surface area contributed by atoms with E-state index >= 15 is 0 Å². The summed E-state index contributed by atoms with van der Waals surface area (Å²) in [6.45, 7) is 11.5. The Morgan fingerprint density at radius 3 is 1.88 bits per heavy atom. The SMILES string of the molecule is CCc1ccc(C(Cl)C2C(C)(C)C2(C)C)cc1. The molecule has 1 aliphatic carbocycles. The Morgan fingerprint density at radius 2 is 1.53 bits per heavy atom. The van der Waals surface area contributed by atoms with Crippen LogP contribution in [0.2, 0.25) is 0 Å². The van der Waals surface area contributed by atoms with Gasteiger partial charge in [0.05, 0.1) is 5.38 Å². The number of halogens is 1. The second kappa shape index (κ2) is 4.02. The van der Waals surface area contributed by atoms with Gasteiger partial charge >= 0.3 is 0 Å². The molecule has 0 amide bonds. The van der Waals surface area contributed by atoms with Crippen LogP contribution in [0.25, 0.3) is 0 Å². The van der Waals surface area contributed by atoms with Crippen molar-refractivity contribution in [2.24, 2.45) is 16.7 Å². The van der Waals surface area contributed by atoms with Crippen LogP contribution in [0, 0.1) is 16.7 Å². The lowest BCUT2D eigenvalue weighted by Gasteiger charge is -2.12. The summed E-state index contributed by atoms with van der Waals surface area (Å²) in [4.78, 5) is 0. The van der Waals surface area contributed by atoms with Crippen LogP contribution in [0.1, 0.15) is 51.1 Å². The Labute approximate surface area is 110 Å². The maximum atomic E-state index is 6.67. The van der Waals surface area contributed by atoms with Crippen molar-refractivity contribution in [3.63, 3.8) is 0 Å². The molecule has 1 aliphatic rings. The van der Waals surface area contributed by atoms with Crippen molar-refractivity contribution >= 4 is 11.6 Å². The maximum Gasteiger partial charge on any atom is 0.0624 e. The van der Waals surface area contributed by atoms with Gasteiger partial charge in [-0.05, 0) is 34.3 Å². The smallest absolute Gasteiger partial charge is 0.0624 e. The van der Waals surface area contributed by atoms with Gasteiger partial charge < -0.3 is 0 Å². The molecule has 17 heavy (non-hydrogen) atoms. The van der Waals surface area contributed by atoms with Gasteiger partial charge in [-0.2, -0.15) is 0 Å². The average Bonchev–Trinajstić information content (AvgIpc) is 2.69. The lowest BCUT2D eigenvalue weighted by molar-refractivity contribution is 0.457. The Bertz CT molecular complexity index is 386. The van der Waals surface area contributed by atoms with Gasteiger partial charge in [-0.1, -0.05) is 58.9 Å². The molecule has 1 unspecified atom stereocenters. The van der Waals surface area contributed by atoms with Crippen LogP contribution < -0.4 is 0 Å². The van der Waals surface area contributed by atoms with Crippen molar-refractivity contribution in [3.05, 3.63) is 35.4 Å². The molecule has 2 rings (SSSR count). The monoisotopic (exact) mass is 250 g/mol. The molecule has 0 saturated heterocycles. The lowest BCUT2D eigenvalue weighted by Crippen LogP contribution is -1.99. The van der Waals surface area contributed by atoms with Crippen molar-refractivity contribution in [2.45, 2.75) is 46.4 Å². The molecule has 0 aromatic heterocycles. The molecular formula is C16H23Cl. The van der Waals surface area contributed by atoms with Gasteiger partial charge in [0, 0.05) is 0 Å². The average molecular weight is 251 g/mol. The summed E-state index contributed by atoms with van der Waals surface area (Å²) in [5.41, 5.74) is 3.35. The van der Waals surface area contributed by atoms with E-state index in [2.05, 4.69) is 58.9 Å². The van der Waals surface area contributed by atoms with Crippen LogP contribution in [0.15, 0.2) is 24.3 Å². The predicted molar refractivity (Wildman–Crippen MR) is 75.5 cm³/mol. The molecule has 0 heterocycles. The van der Waals surface area contributed by atoms with E-state index in [0.717, 1.165) is 6.42 Å². The topological polar surface area (TPSA) is 0 Å². The van der Waals surface area contributed by atoms with E-state index in [1.165, 1.54) is 11.1 Å². The highest BCUT2D eigenvalue weighted by Crippen LogP contribution is 2.73. The maximum absolute atomic E-state index is 6.67. The molecule has 1 atom stereocenters. The molecule has 0 aliphatic heterocycles. The minimum Gasteiger partial charge on any atom is -0.117 e. The molecule has 0 radical (unpaired) electrons. The summed E-state index contributed by atoms with van der Waals surface area (Å²) in [5, 5.41) is 0.144. The van der Waals surface area contributed by atoms with E-state index in [-0.39, 0.29) is 5.38 Å². The quantitative estimate of drug-likeness (QED) is 0.646. The highest BCUT2D eigenvalue weighted by molar-refractivity contribution is 6.21. The first kappa shape index (κ1) is 13.0. The van der Waals surface area contributed by atoms with Gasteiger partial charge in [-0.15, -0.1) is 11.6 Å². The number of hydrogen-bond donors (Lipinski definition) is 0. The van der Waals surface area contributed by atoms with Gasteiger partial charge in [0.2, 0.25) is 0 Å². The van der Waals surface area contributed by atoms with Crippen molar-refractivity contribution in [2.75, 3.05) is 0 Å². The van der Waals surface area contributed by atoms with Gasteiger partial charge in [0.25, 0.3) is 0 Å². The Kier molecular flexibility index (Phi) is 3.06. The molecule has 94 valence electrons. The van der Waals surface area contributed by atoms with E-state index in [4.69, 9.17) is 11.6 Å². The fraction of sp³-hybridized carbons (Fsp3) is 0.625. The third-order valence-electron chi connectivity index (χ3n) is 5.13. The zero-order chi connectivity index (χ0) is 12.8. The summed E-state index contributed by atoms with van der Waals surface area (Å²) in [6.07, 6.45) is 1.09. The highest BCUT2D eigenvalue weighted by Gasteiger charge is 2.67. The van der Waals surface area contributed by atoms with Gasteiger partial charge in [0.1, 0.15) is 0 Å². The third kappa shape index (κ3) is 1.91. The molecular weight excluding hydrogens is 228 g/mol. The van der Waals surface area contributed by atoms with Gasteiger partial charge in [-0.25, -0.2) is 0 Å². The molecule has 0 spiro atoms. The van der Waals surface area contributed by atoms with E-state index in [9.17, 15) is 0 Å². The summed E-state index contributed by atoms with van der Waals surface area (Å²) in [6, 6.07) is 8.79. The van der Waals surface area contributed by atoms with Crippen molar-refractivity contribution in [3.8, 4) is 0 Å². The minimum atomic E-state index is 0.144. The number of benzene rings is 1. The summed E-state index contributed by atoms with van der Waals surface area (Å²) >= 11 is 6.67. The summed E-state index contributed by atoms with van der Waals surface area (Å²) in [5.74, 6) is 0.573. The van der Waals surface area contributed by atoms with Crippen LogP contribution in [-0.4, -0.2) is 0 Å². The van der Waals surface area contributed by atoms with Crippen molar-refractivity contribution in [1.29, 1.82) is 0 Å². The van der Waals surface area contributed by atoms with Crippen LogP contribution in [0.5, 0.6) is 0 Å². The van der Waals surface area contributed by atoms with E-state index < -0.39 is 0 Å². The fourth-order valence-electron chi connectivity index (χ4n) is 3.11. The standard InChI is InChI=1S/C16H23Cl/c1-6-11-7-9-12(10-8-11)13(17)14-15(2,3)16(14,4)5/h7-10,13-14H,6H2,1-5H3. The van der Waals surface area contributed by atoms with E-state index in [0.29, 0.717) is 16.7 Å². The molecule has 1 heteroatoms. The second-order valence-electron chi connectivity index (χ2n) is 6.42. The third-order valence-corrected chi connectivity index (χ3v) is 5.64. The molecule has 0 nitrogen and oxygen atoms in total. The first-order chi connectivity index (χ1) is 7.82. The fourth-order valence-corrected chi connectivity index (χ4v) is 3.88. The van der Waals surface area contributed by atoms with Crippen LogP contribution in [-0.2, 0) is 6.42 Å². The molecule has 0 bridgehead atoms. The minimum absolute atomic E-state index is 0.144.